The fourth-order valence-electron chi connectivity index (χ4n) is 3.01. The van der Waals surface area contributed by atoms with E-state index in [-0.39, 0.29) is 11.9 Å². The molecule has 0 radical (unpaired) electrons. The molecule has 0 aromatic rings. The Morgan fingerprint density at radius 2 is 1.94 bits per heavy atom. The maximum Gasteiger partial charge on any atom is 0.237 e. The van der Waals surface area contributed by atoms with Crippen LogP contribution in [0, 0.1) is 5.92 Å². The van der Waals surface area contributed by atoms with Gasteiger partial charge in [-0.15, -0.1) is 0 Å². The minimum absolute atomic E-state index is 0.0735. The summed E-state index contributed by atoms with van der Waals surface area (Å²) in [5.74, 6) is 1.08. The fraction of sp³-hybridized carbons (Fsp3) is 0.929. The first kappa shape index (κ1) is 12.9. The molecule has 17 heavy (non-hydrogen) atoms. The lowest BCUT2D eigenvalue weighted by Gasteiger charge is -2.25. The van der Waals surface area contributed by atoms with Gasteiger partial charge in [-0.1, -0.05) is 26.2 Å². The van der Waals surface area contributed by atoms with E-state index in [9.17, 15) is 4.79 Å². The predicted octanol–water partition coefficient (Wildman–Crippen LogP) is 2.21. The molecule has 0 aromatic heterocycles. The number of carbonyl (C=O) groups excluding carboxylic acids is 1. The molecule has 2 aliphatic rings. The molecule has 0 spiro atoms. The molecule has 2 fully saturated rings. The Hall–Kier alpha value is -0.570. The zero-order valence-electron chi connectivity index (χ0n) is 11.0. The van der Waals surface area contributed by atoms with Crippen molar-refractivity contribution in [3.05, 3.63) is 0 Å². The number of hydrogen-bond donors (Lipinski definition) is 2. The van der Waals surface area contributed by atoms with E-state index in [1.165, 1.54) is 44.9 Å². The first-order valence-electron chi connectivity index (χ1n) is 7.29. The summed E-state index contributed by atoms with van der Waals surface area (Å²) in [6.07, 6.45) is 9.61. The molecule has 1 amide bonds. The zero-order valence-corrected chi connectivity index (χ0v) is 11.0. The van der Waals surface area contributed by atoms with E-state index in [1.807, 2.05) is 0 Å². The molecule has 2 N–H and O–H groups in total. The molecular formula is C14H26N2O. The van der Waals surface area contributed by atoms with Crippen molar-refractivity contribution in [2.24, 2.45) is 5.92 Å². The van der Waals surface area contributed by atoms with Crippen LogP contribution >= 0.6 is 0 Å². The van der Waals surface area contributed by atoms with Gasteiger partial charge in [0.05, 0.1) is 6.04 Å². The molecular weight excluding hydrogens is 212 g/mol. The van der Waals surface area contributed by atoms with Gasteiger partial charge in [0.2, 0.25) is 5.91 Å². The van der Waals surface area contributed by atoms with Gasteiger partial charge in [0.1, 0.15) is 0 Å². The van der Waals surface area contributed by atoms with E-state index in [2.05, 4.69) is 17.6 Å². The normalized spacial score (nSPS) is 35.0. The lowest BCUT2D eigenvalue weighted by molar-refractivity contribution is -0.124. The molecule has 1 saturated heterocycles. The number of nitrogens with one attached hydrogen (secondary N) is 2. The van der Waals surface area contributed by atoms with Gasteiger partial charge in [-0.2, -0.15) is 0 Å². The lowest BCUT2D eigenvalue weighted by atomic mass is 10.0. The molecule has 1 saturated carbocycles. The topological polar surface area (TPSA) is 41.1 Å². The average Bonchev–Trinajstić information content (AvgIpc) is 2.56. The van der Waals surface area contributed by atoms with Crippen molar-refractivity contribution in [1.29, 1.82) is 0 Å². The van der Waals surface area contributed by atoms with Crippen LogP contribution < -0.4 is 10.6 Å². The third kappa shape index (κ3) is 3.98. The monoisotopic (exact) mass is 238 g/mol. The Morgan fingerprint density at radius 3 is 2.71 bits per heavy atom. The molecule has 3 atom stereocenters. The van der Waals surface area contributed by atoms with Crippen LogP contribution in [0.1, 0.15) is 58.3 Å². The van der Waals surface area contributed by atoms with Gasteiger partial charge in [0, 0.05) is 6.04 Å². The van der Waals surface area contributed by atoms with Gasteiger partial charge in [-0.25, -0.2) is 0 Å². The maximum absolute atomic E-state index is 12.1. The third-order valence-electron chi connectivity index (χ3n) is 4.23. The van der Waals surface area contributed by atoms with Crippen LogP contribution in [0.2, 0.25) is 0 Å². The highest BCUT2D eigenvalue weighted by molar-refractivity contribution is 5.82. The summed E-state index contributed by atoms with van der Waals surface area (Å²) in [5, 5.41) is 6.57. The Labute approximate surface area is 105 Å². The molecule has 0 bridgehead atoms. The third-order valence-corrected chi connectivity index (χ3v) is 4.23. The van der Waals surface area contributed by atoms with Gasteiger partial charge >= 0.3 is 0 Å². The molecule has 1 aliphatic heterocycles. The molecule has 1 aliphatic carbocycles. The smallest absolute Gasteiger partial charge is 0.237 e. The van der Waals surface area contributed by atoms with E-state index < -0.39 is 0 Å². The summed E-state index contributed by atoms with van der Waals surface area (Å²) >= 11 is 0. The highest BCUT2D eigenvalue weighted by Crippen LogP contribution is 2.22. The van der Waals surface area contributed by atoms with Crippen LogP contribution in [0.5, 0.6) is 0 Å². The Morgan fingerprint density at radius 1 is 1.06 bits per heavy atom. The number of amides is 1. The minimum Gasteiger partial charge on any atom is -0.352 e. The summed E-state index contributed by atoms with van der Waals surface area (Å²) in [5.41, 5.74) is 0. The fourth-order valence-corrected chi connectivity index (χ4v) is 3.01. The lowest BCUT2D eigenvalue weighted by Crippen LogP contribution is -2.49. The number of piperidine rings is 1. The van der Waals surface area contributed by atoms with Crippen molar-refractivity contribution in [3.8, 4) is 0 Å². The van der Waals surface area contributed by atoms with Crippen molar-refractivity contribution in [2.45, 2.75) is 70.4 Å². The van der Waals surface area contributed by atoms with Crippen molar-refractivity contribution in [1.82, 2.24) is 10.6 Å². The second-order valence-corrected chi connectivity index (χ2v) is 5.82. The van der Waals surface area contributed by atoms with Crippen LogP contribution in [0.25, 0.3) is 0 Å². The van der Waals surface area contributed by atoms with Crippen LogP contribution in [0.3, 0.4) is 0 Å². The highest BCUT2D eigenvalue weighted by atomic mass is 16.2. The predicted molar refractivity (Wildman–Crippen MR) is 69.8 cm³/mol. The first-order chi connectivity index (χ1) is 8.25. The van der Waals surface area contributed by atoms with E-state index >= 15 is 0 Å². The second-order valence-electron chi connectivity index (χ2n) is 5.82. The molecule has 2 rings (SSSR count). The van der Waals surface area contributed by atoms with Gasteiger partial charge in [-0.3, -0.25) is 4.79 Å². The number of carbonyl (C=O) groups is 1. The molecule has 98 valence electrons. The van der Waals surface area contributed by atoms with Gasteiger partial charge in [0.25, 0.3) is 0 Å². The van der Waals surface area contributed by atoms with Crippen molar-refractivity contribution >= 4 is 5.91 Å². The van der Waals surface area contributed by atoms with Gasteiger partial charge in [-0.05, 0) is 44.6 Å². The SMILES string of the molecule is CC1CCCC(NC(=O)[C@H]2CCCCN2)CC1. The van der Waals surface area contributed by atoms with E-state index in [1.54, 1.807) is 0 Å². The maximum atomic E-state index is 12.1. The molecule has 2 unspecified atom stereocenters. The minimum atomic E-state index is 0.0735. The summed E-state index contributed by atoms with van der Waals surface area (Å²) in [4.78, 5) is 12.1. The van der Waals surface area contributed by atoms with E-state index in [0.717, 1.165) is 18.9 Å². The Kier molecular flexibility index (Phi) is 4.84. The summed E-state index contributed by atoms with van der Waals surface area (Å²) in [6, 6.07) is 0.501. The second kappa shape index (κ2) is 6.39. The van der Waals surface area contributed by atoms with Crippen LogP contribution in [0.15, 0.2) is 0 Å². The number of rotatable bonds is 2. The summed E-state index contributed by atoms with van der Waals surface area (Å²) in [7, 11) is 0. The molecule has 1 heterocycles. The Bertz CT molecular complexity index is 249. The highest BCUT2D eigenvalue weighted by Gasteiger charge is 2.24. The molecule has 3 nitrogen and oxygen atoms in total. The average molecular weight is 238 g/mol. The van der Waals surface area contributed by atoms with Crippen LogP contribution in [-0.2, 0) is 4.79 Å². The van der Waals surface area contributed by atoms with E-state index in [0.29, 0.717) is 6.04 Å². The largest absolute Gasteiger partial charge is 0.352 e. The van der Waals surface area contributed by atoms with Crippen molar-refractivity contribution < 1.29 is 4.79 Å². The molecule has 0 aromatic carbocycles. The van der Waals surface area contributed by atoms with Gasteiger partial charge in [0.15, 0.2) is 0 Å². The number of hydrogen-bond acceptors (Lipinski definition) is 2. The Balaban J connectivity index is 1.76. The van der Waals surface area contributed by atoms with E-state index in [4.69, 9.17) is 0 Å². The van der Waals surface area contributed by atoms with Gasteiger partial charge < -0.3 is 10.6 Å². The molecule has 3 heteroatoms. The zero-order chi connectivity index (χ0) is 12.1. The summed E-state index contributed by atoms with van der Waals surface area (Å²) in [6.45, 7) is 3.33. The van der Waals surface area contributed by atoms with Crippen molar-refractivity contribution in [3.63, 3.8) is 0 Å². The van der Waals surface area contributed by atoms with Crippen LogP contribution in [0.4, 0.5) is 0 Å². The van der Waals surface area contributed by atoms with Crippen LogP contribution in [-0.4, -0.2) is 24.5 Å². The standard InChI is InChI=1S/C14H26N2O/c1-11-5-4-6-12(9-8-11)16-14(17)13-7-2-3-10-15-13/h11-13,15H,2-10H2,1H3,(H,16,17)/t11?,12?,13-/m1/s1. The first-order valence-corrected chi connectivity index (χ1v) is 7.29. The van der Waals surface area contributed by atoms with Crippen molar-refractivity contribution in [2.75, 3.05) is 6.54 Å². The summed E-state index contributed by atoms with van der Waals surface area (Å²) < 4.78 is 0. The quantitative estimate of drug-likeness (QED) is 0.724.